The van der Waals surface area contributed by atoms with Crippen LogP contribution in [0, 0.1) is 0 Å². The van der Waals surface area contributed by atoms with E-state index in [1.54, 1.807) is 11.8 Å². The number of benzene rings is 1. The largest absolute Gasteiger partial charge is 0.330 e. The molecule has 108 valence electrons. The molecule has 1 aromatic heterocycles. The van der Waals surface area contributed by atoms with Crippen molar-refractivity contribution < 1.29 is 0 Å². The highest BCUT2D eigenvalue weighted by molar-refractivity contribution is 7.99. The molecule has 0 amide bonds. The Labute approximate surface area is 125 Å². The van der Waals surface area contributed by atoms with Gasteiger partial charge in [-0.3, -0.25) is 0 Å². The Kier molecular flexibility index (Phi) is 5.26. The molecule has 0 bridgehead atoms. The molecule has 0 spiro atoms. The van der Waals surface area contributed by atoms with Gasteiger partial charge in [-0.05, 0) is 31.5 Å². The number of aromatic nitrogens is 2. The Bertz CT molecular complexity index is 546. The number of nitrogens with two attached hydrogens (primary N) is 1. The van der Waals surface area contributed by atoms with Crippen LogP contribution in [-0.4, -0.2) is 16.1 Å². The summed E-state index contributed by atoms with van der Waals surface area (Å²) in [6.07, 6.45) is 0.836. The third-order valence-electron chi connectivity index (χ3n) is 3.21. The van der Waals surface area contributed by atoms with Crippen LogP contribution in [0.25, 0.3) is 0 Å². The average molecular weight is 289 g/mol. The summed E-state index contributed by atoms with van der Waals surface area (Å²) in [7, 11) is 0. The molecule has 0 fully saturated rings. The van der Waals surface area contributed by atoms with Crippen molar-refractivity contribution in [2.45, 2.75) is 49.6 Å². The van der Waals surface area contributed by atoms with Crippen LogP contribution in [0.2, 0.25) is 0 Å². The highest BCUT2D eigenvalue weighted by Gasteiger charge is 2.19. The summed E-state index contributed by atoms with van der Waals surface area (Å²) >= 11 is 1.80. The van der Waals surface area contributed by atoms with Gasteiger partial charge in [0.15, 0.2) is 0 Å². The van der Waals surface area contributed by atoms with Crippen LogP contribution in [0.5, 0.6) is 0 Å². The molecule has 0 saturated heterocycles. The van der Waals surface area contributed by atoms with Gasteiger partial charge in [0.05, 0.1) is 5.69 Å². The Morgan fingerprint density at radius 1 is 1.25 bits per heavy atom. The van der Waals surface area contributed by atoms with E-state index in [1.807, 2.05) is 6.07 Å². The van der Waals surface area contributed by atoms with Crippen LogP contribution in [0.15, 0.2) is 40.3 Å². The molecule has 3 nitrogen and oxygen atoms in total. The van der Waals surface area contributed by atoms with Crippen molar-refractivity contribution >= 4 is 11.8 Å². The first-order valence-corrected chi connectivity index (χ1v) is 8.01. The second kappa shape index (κ2) is 6.95. The number of hydrogen-bond donors (Lipinski definition) is 1. The van der Waals surface area contributed by atoms with Crippen molar-refractivity contribution in [1.29, 1.82) is 0 Å². The van der Waals surface area contributed by atoms with Gasteiger partial charge in [0, 0.05) is 17.9 Å². The van der Waals surface area contributed by atoms with Gasteiger partial charge in [0.1, 0.15) is 10.9 Å². The van der Waals surface area contributed by atoms with Crippen molar-refractivity contribution in [2.24, 2.45) is 5.73 Å². The predicted molar refractivity (Wildman–Crippen MR) is 85.3 cm³/mol. The molecule has 2 rings (SSSR count). The fraction of sp³-hybridized carbons (Fsp3) is 0.438. The zero-order valence-electron chi connectivity index (χ0n) is 12.5. The highest BCUT2D eigenvalue weighted by atomic mass is 32.2. The van der Waals surface area contributed by atoms with Crippen molar-refractivity contribution in [3.05, 3.63) is 41.9 Å². The summed E-state index contributed by atoms with van der Waals surface area (Å²) < 4.78 is 2.31. The minimum atomic E-state index is 0.422. The van der Waals surface area contributed by atoms with E-state index in [0.717, 1.165) is 18.8 Å². The van der Waals surface area contributed by atoms with Crippen LogP contribution >= 0.6 is 11.8 Å². The molecule has 20 heavy (non-hydrogen) atoms. The lowest BCUT2D eigenvalue weighted by Crippen LogP contribution is -2.09. The lowest BCUT2D eigenvalue weighted by Gasteiger charge is -2.11. The van der Waals surface area contributed by atoms with Gasteiger partial charge in [0.2, 0.25) is 0 Å². The molecular formula is C16H23N3S. The van der Waals surface area contributed by atoms with Crippen molar-refractivity contribution in [1.82, 2.24) is 9.55 Å². The van der Waals surface area contributed by atoms with Crippen LogP contribution in [0.1, 0.15) is 38.2 Å². The maximum absolute atomic E-state index is 5.71. The molecule has 0 unspecified atom stereocenters. The monoisotopic (exact) mass is 289 g/mol. The Hall–Kier alpha value is -1.26. The third-order valence-corrected chi connectivity index (χ3v) is 4.34. The summed E-state index contributed by atoms with van der Waals surface area (Å²) in [5.41, 5.74) is 6.90. The minimum Gasteiger partial charge on any atom is -0.330 e. The molecule has 1 aromatic carbocycles. The van der Waals surface area contributed by atoms with Gasteiger partial charge in [-0.15, -0.1) is 0 Å². The normalized spacial score (nSPS) is 11.2. The molecule has 0 aliphatic rings. The van der Waals surface area contributed by atoms with Crippen molar-refractivity contribution in [3.63, 3.8) is 0 Å². The molecule has 0 radical (unpaired) electrons. The Morgan fingerprint density at radius 2 is 1.95 bits per heavy atom. The highest BCUT2D eigenvalue weighted by Crippen LogP contribution is 2.34. The van der Waals surface area contributed by atoms with Crippen molar-refractivity contribution in [3.8, 4) is 0 Å². The molecule has 0 saturated carbocycles. The summed E-state index contributed by atoms with van der Waals surface area (Å²) in [6, 6.07) is 10.5. The molecule has 1 heterocycles. The van der Waals surface area contributed by atoms with E-state index >= 15 is 0 Å². The van der Waals surface area contributed by atoms with Gasteiger partial charge >= 0.3 is 0 Å². The van der Waals surface area contributed by atoms with Gasteiger partial charge in [-0.25, -0.2) is 4.98 Å². The fourth-order valence-electron chi connectivity index (χ4n) is 2.23. The average Bonchev–Trinajstić information content (AvgIpc) is 2.78. The number of rotatable bonds is 6. The van der Waals surface area contributed by atoms with E-state index < -0.39 is 0 Å². The van der Waals surface area contributed by atoms with E-state index in [4.69, 9.17) is 10.7 Å². The molecule has 2 aromatic rings. The molecule has 4 heteroatoms. The first-order chi connectivity index (χ1) is 9.67. The summed E-state index contributed by atoms with van der Waals surface area (Å²) in [5, 5.41) is 1.26. The molecule has 0 aliphatic heterocycles. The summed E-state index contributed by atoms with van der Waals surface area (Å²) in [4.78, 5) is 6.08. The molecule has 0 atom stereocenters. The number of nitrogens with zero attached hydrogens (tertiary/aromatic N) is 2. The van der Waals surface area contributed by atoms with Crippen LogP contribution in [-0.2, 0) is 13.0 Å². The number of hydrogen-bond acceptors (Lipinski definition) is 3. The molecule has 2 N–H and O–H groups in total. The molecule has 0 aliphatic carbocycles. The van der Waals surface area contributed by atoms with Crippen molar-refractivity contribution in [2.75, 3.05) is 6.54 Å². The zero-order chi connectivity index (χ0) is 14.5. The number of imidazole rings is 1. The summed E-state index contributed by atoms with van der Waals surface area (Å²) in [6.45, 7) is 8.14. The Balaban J connectivity index is 2.43. The van der Waals surface area contributed by atoms with Gasteiger partial charge in [-0.1, -0.05) is 43.8 Å². The van der Waals surface area contributed by atoms with Gasteiger partial charge in [-0.2, -0.15) is 0 Å². The lowest BCUT2D eigenvalue weighted by molar-refractivity contribution is 0.642. The standard InChI is InChI=1S/C16H23N3S/c1-4-19-14(10-11-17)18-15(12(2)3)16(19)20-13-8-6-5-7-9-13/h5-9,12H,4,10-11,17H2,1-3H3. The second-order valence-electron chi connectivity index (χ2n) is 5.07. The summed E-state index contributed by atoms with van der Waals surface area (Å²) in [5.74, 6) is 1.53. The van der Waals surface area contributed by atoms with E-state index in [9.17, 15) is 0 Å². The smallest absolute Gasteiger partial charge is 0.111 e. The van der Waals surface area contributed by atoms with E-state index in [1.165, 1.54) is 15.6 Å². The third kappa shape index (κ3) is 3.25. The maximum Gasteiger partial charge on any atom is 0.111 e. The van der Waals surface area contributed by atoms with Crippen LogP contribution in [0.4, 0.5) is 0 Å². The quantitative estimate of drug-likeness (QED) is 0.882. The van der Waals surface area contributed by atoms with Gasteiger partial charge in [0.25, 0.3) is 0 Å². The first-order valence-electron chi connectivity index (χ1n) is 7.19. The maximum atomic E-state index is 5.71. The minimum absolute atomic E-state index is 0.422. The lowest BCUT2D eigenvalue weighted by atomic mass is 10.1. The Morgan fingerprint density at radius 3 is 2.50 bits per heavy atom. The predicted octanol–water partition coefficient (Wildman–Crippen LogP) is 3.68. The fourth-order valence-corrected chi connectivity index (χ4v) is 3.48. The van der Waals surface area contributed by atoms with E-state index in [-0.39, 0.29) is 0 Å². The second-order valence-corrected chi connectivity index (χ2v) is 6.13. The van der Waals surface area contributed by atoms with Crippen LogP contribution in [0.3, 0.4) is 0 Å². The SMILES string of the molecule is CCn1c(CCN)nc(C(C)C)c1Sc1ccccc1. The topological polar surface area (TPSA) is 43.8 Å². The molecular weight excluding hydrogens is 266 g/mol. The van der Waals surface area contributed by atoms with Crippen LogP contribution < -0.4 is 5.73 Å². The zero-order valence-corrected chi connectivity index (χ0v) is 13.3. The van der Waals surface area contributed by atoms with Gasteiger partial charge < -0.3 is 10.3 Å². The van der Waals surface area contributed by atoms with E-state index in [2.05, 4.69) is 49.6 Å². The first kappa shape index (κ1) is 15.1. The van der Waals surface area contributed by atoms with E-state index in [0.29, 0.717) is 12.5 Å².